The van der Waals surface area contributed by atoms with Gasteiger partial charge in [-0.1, -0.05) is 42.1 Å². The summed E-state index contributed by atoms with van der Waals surface area (Å²) in [5.41, 5.74) is 2.90. The van der Waals surface area contributed by atoms with Crippen LogP contribution in [-0.2, 0) is 11.2 Å². The standard InChI is InChI=1S/C20H20FN3O2S/c1-13-5-3-4-6-17(13)19-23-24-20(26-19)27-14(2)18(25)22-12-11-15-7-9-16(21)10-8-15/h3-10,14H,11-12H2,1-2H3,(H,22,25)/t14-/m0/s1. The van der Waals surface area contributed by atoms with E-state index in [-0.39, 0.29) is 17.0 Å². The van der Waals surface area contributed by atoms with Crippen molar-refractivity contribution in [3.63, 3.8) is 0 Å². The highest BCUT2D eigenvalue weighted by Gasteiger charge is 2.18. The third-order valence-corrected chi connectivity index (χ3v) is 4.99. The number of benzene rings is 2. The molecule has 0 spiro atoms. The molecule has 0 aliphatic carbocycles. The SMILES string of the molecule is Cc1ccccc1-c1nnc(S[C@@H](C)C(=O)NCCc2ccc(F)cc2)o1. The van der Waals surface area contributed by atoms with Crippen LogP contribution >= 0.6 is 11.8 Å². The van der Waals surface area contributed by atoms with Gasteiger partial charge in [-0.05, 0) is 49.6 Å². The number of hydrogen-bond donors (Lipinski definition) is 1. The van der Waals surface area contributed by atoms with Gasteiger partial charge in [-0.15, -0.1) is 10.2 Å². The van der Waals surface area contributed by atoms with Gasteiger partial charge in [0.25, 0.3) is 5.22 Å². The van der Waals surface area contributed by atoms with Crippen LogP contribution in [0, 0.1) is 12.7 Å². The van der Waals surface area contributed by atoms with Gasteiger partial charge in [0.05, 0.1) is 5.25 Å². The van der Waals surface area contributed by atoms with E-state index in [1.807, 2.05) is 31.2 Å². The van der Waals surface area contributed by atoms with E-state index in [1.54, 1.807) is 19.1 Å². The van der Waals surface area contributed by atoms with Gasteiger partial charge in [0, 0.05) is 12.1 Å². The number of amides is 1. The number of thioether (sulfide) groups is 1. The second-order valence-electron chi connectivity index (χ2n) is 6.12. The van der Waals surface area contributed by atoms with Crippen LogP contribution in [0.25, 0.3) is 11.5 Å². The van der Waals surface area contributed by atoms with E-state index < -0.39 is 0 Å². The monoisotopic (exact) mass is 385 g/mol. The lowest BCUT2D eigenvalue weighted by Gasteiger charge is -2.09. The van der Waals surface area contributed by atoms with Gasteiger partial charge in [0.2, 0.25) is 11.8 Å². The maximum atomic E-state index is 12.9. The first kappa shape index (κ1) is 19.1. The zero-order chi connectivity index (χ0) is 19.2. The largest absolute Gasteiger partial charge is 0.411 e. The molecule has 0 fully saturated rings. The molecule has 0 saturated heterocycles. The highest BCUT2D eigenvalue weighted by Crippen LogP contribution is 2.27. The van der Waals surface area contributed by atoms with Crippen molar-refractivity contribution >= 4 is 17.7 Å². The number of aromatic nitrogens is 2. The van der Waals surface area contributed by atoms with E-state index in [2.05, 4.69) is 15.5 Å². The Labute approximate surface area is 161 Å². The second kappa shape index (κ2) is 8.81. The highest BCUT2D eigenvalue weighted by atomic mass is 32.2. The molecule has 3 aromatic rings. The molecule has 27 heavy (non-hydrogen) atoms. The summed E-state index contributed by atoms with van der Waals surface area (Å²) in [6.45, 7) is 4.24. The number of nitrogens with zero attached hydrogens (tertiary/aromatic N) is 2. The predicted octanol–water partition coefficient (Wildman–Crippen LogP) is 4.02. The number of halogens is 1. The van der Waals surface area contributed by atoms with Crippen LogP contribution in [0.4, 0.5) is 4.39 Å². The van der Waals surface area contributed by atoms with Gasteiger partial charge in [0.1, 0.15) is 5.82 Å². The first-order valence-corrected chi connectivity index (χ1v) is 9.49. The van der Waals surface area contributed by atoms with Crippen molar-refractivity contribution in [1.82, 2.24) is 15.5 Å². The van der Waals surface area contributed by atoms with Crippen molar-refractivity contribution in [3.05, 3.63) is 65.5 Å². The van der Waals surface area contributed by atoms with Crippen molar-refractivity contribution in [3.8, 4) is 11.5 Å². The number of carbonyl (C=O) groups excluding carboxylic acids is 1. The molecule has 1 aromatic heterocycles. The zero-order valence-corrected chi connectivity index (χ0v) is 15.9. The van der Waals surface area contributed by atoms with Crippen LogP contribution in [0.15, 0.2) is 58.2 Å². The average Bonchev–Trinajstić information content (AvgIpc) is 3.11. The molecular formula is C20H20FN3O2S. The highest BCUT2D eigenvalue weighted by molar-refractivity contribution is 8.00. The minimum Gasteiger partial charge on any atom is -0.411 e. The number of aryl methyl sites for hydroxylation is 1. The van der Waals surface area contributed by atoms with Gasteiger partial charge in [-0.3, -0.25) is 4.79 Å². The number of hydrogen-bond acceptors (Lipinski definition) is 5. The molecule has 3 rings (SSSR count). The first-order chi connectivity index (χ1) is 13.0. The van der Waals surface area contributed by atoms with E-state index in [4.69, 9.17) is 4.42 Å². The van der Waals surface area contributed by atoms with Crippen LogP contribution in [0.2, 0.25) is 0 Å². The smallest absolute Gasteiger partial charge is 0.277 e. The van der Waals surface area contributed by atoms with Gasteiger partial charge in [0.15, 0.2) is 0 Å². The van der Waals surface area contributed by atoms with E-state index in [1.165, 1.54) is 23.9 Å². The van der Waals surface area contributed by atoms with E-state index in [9.17, 15) is 9.18 Å². The van der Waals surface area contributed by atoms with Crippen molar-refractivity contribution < 1.29 is 13.6 Å². The van der Waals surface area contributed by atoms with Gasteiger partial charge >= 0.3 is 0 Å². The lowest BCUT2D eigenvalue weighted by molar-refractivity contribution is -0.120. The average molecular weight is 385 g/mol. The second-order valence-corrected chi connectivity index (χ2v) is 7.41. The molecule has 2 aromatic carbocycles. The van der Waals surface area contributed by atoms with Crippen LogP contribution in [0.1, 0.15) is 18.1 Å². The van der Waals surface area contributed by atoms with Crippen LogP contribution in [-0.4, -0.2) is 27.9 Å². The molecule has 1 amide bonds. The minimum absolute atomic E-state index is 0.113. The fourth-order valence-corrected chi connectivity index (χ4v) is 3.22. The number of nitrogens with one attached hydrogen (secondary N) is 1. The normalized spacial score (nSPS) is 12.0. The quantitative estimate of drug-likeness (QED) is 0.622. The summed E-state index contributed by atoms with van der Waals surface area (Å²) < 4.78 is 18.6. The van der Waals surface area contributed by atoms with Crippen molar-refractivity contribution in [2.45, 2.75) is 30.7 Å². The fourth-order valence-electron chi connectivity index (χ4n) is 2.51. The van der Waals surface area contributed by atoms with E-state index in [0.29, 0.717) is 24.1 Å². The Balaban J connectivity index is 1.51. The van der Waals surface area contributed by atoms with Crippen LogP contribution in [0.3, 0.4) is 0 Å². The summed E-state index contributed by atoms with van der Waals surface area (Å²) in [5.74, 6) is 0.0645. The lowest BCUT2D eigenvalue weighted by Crippen LogP contribution is -2.32. The van der Waals surface area contributed by atoms with Gasteiger partial charge in [-0.25, -0.2) is 4.39 Å². The molecule has 1 heterocycles. The summed E-state index contributed by atoms with van der Waals surface area (Å²) in [4.78, 5) is 12.2. The Morgan fingerprint density at radius 3 is 2.67 bits per heavy atom. The Morgan fingerprint density at radius 1 is 1.19 bits per heavy atom. The summed E-state index contributed by atoms with van der Waals surface area (Å²) in [6, 6.07) is 14.0. The minimum atomic E-state index is -0.372. The predicted molar refractivity (Wildman–Crippen MR) is 103 cm³/mol. The summed E-state index contributed by atoms with van der Waals surface area (Å²) in [6.07, 6.45) is 0.640. The maximum absolute atomic E-state index is 12.9. The molecule has 1 N–H and O–H groups in total. The lowest BCUT2D eigenvalue weighted by atomic mass is 10.1. The molecule has 5 nitrogen and oxygen atoms in total. The van der Waals surface area contributed by atoms with Crippen molar-refractivity contribution in [1.29, 1.82) is 0 Å². The molecule has 0 aliphatic heterocycles. The van der Waals surface area contributed by atoms with Crippen molar-refractivity contribution in [2.75, 3.05) is 6.54 Å². The molecule has 0 unspecified atom stereocenters. The molecule has 1 atom stereocenters. The molecular weight excluding hydrogens is 365 g/mol. The summed E-state index contributed by atoms with van der Waals surface area (Å²) in [7, 11) is 0. The topological polar surface area (TPSA) is 68.0 Å². The Hall–Kier alpha value is -2.67. The third-order valence-electron chi connectivity index (χ3n) is 4.05. The van der Waals surface area contributed by atoms with Crippen LogP contribution < -0.4 is 5.32 Å². The maximum Gasteiger partial charge on any atom is 0.277 e. The summed E-state index contributed by atoms with van der Waals surface area (Å²) >= 11 is 1.22. The zero-order valence-electron chi connectivity index (χ0n) is 15.1. The van der Waals surface area contributed by atoms with E-state index in [0.717, 1.165) is 16.7 Å². The van der Waals surface area contributed by atoms with Crippen LogP contribution in [0.5, 0.6) is 0 Å². The molecule has 7 heteroatoms. The van der Waals surface area contributed by atoms with E-state index >= 15 is 0 Å². The number of rotatable bonds is 7. The Morgan fingerprint density at radius 2 is 1.93 bits per heavy atom. The molecule has 0 aliphatic rings. The first-order valence-electron chi connectivity index (χ1n) is 8.61. The molecule has 0 saturated carbocycles. The Bertz CT molecular complexity index is 912. The summed E-state index contributed by atoms with van der Waals surface area (Å²) in [5, 5.41) is 10.9. The molecule has 140 valence electrons. The van der Waals surface area contributed by atoms with Gasteiger partial charge < -0.3 is 9.73 Å². The fraction of sp³-hybridized carbons (Fsp3) is 0.250. The molecule has 0 radical (unpaired) electrons. The van der Waals surface area contributed by atoms with Gasteiger partial charge in [-0.2, -0.15) is 0 Å². The molecule has 0 bridgehead atoms. The third kappa shape index (κ3) is 5.17. The number of carbonyl (C=O) groups is 1. The Kier molecular flexibility index (Phi) is 6.24. The van der Waals surface area contributed by atoms with Crippen molar-refractivity contribution in [2.24, 2.45) is 0 Å².